The fourth-order valence-corrected chi connectivity index (χ4v) is 4.99. The summed E-state index contributed by atoms with van der Waals surface area (Å²) in [5, 5.41) is 2.89. The van der Waals surface area contributed by atoms with Gasteiger partial charge in [-0.05, 0) is 57.0 Å². The Bertz CT molecular complexity index is 551. The maximum Gasteiger partial charge on any atom is 0.182 e. The summed E-state index contributed by atoms with van der Waals surface area (Å²) in [6.45, 7) is 3.97. The highest BCUT2D eigenvalue weighted by Crippen LogP contribution is 2.29. The highest BCUT2D eigenvalue weighted by atomic mass is 32.2. The Labute approximate surface area is 116 Å². The molecule has 0 radical (unpaired) electrons. The number of hydrogen-bond acceptors (Lipinski definition) is 3. The molecule has 0 aliphatic heterocycles. The lowest BCUT2D eigenvalue weighted by molar-refractivity contribution is 0.389. The predicted octanol–water partition coefficient (Wildman–Crippen LogP) is 2.61. The summed E-state index contributed by atoms with van der Waals surface area (Å²) in [5.41, 5.74) is 2.17. The van der Waals surface area contributed by atoms with Crippen LogP contribution in [0.5, 0.6) is 0 Å². The molecule has 1 saturated carbocycles. The van der Waals surface area contributed by atoms with E-state index in [4.69, 9.17) is 0 Å². The maximum absolute atomic E-state index is 12.8. The van der Waals surface area contributed by atoms with Gasteiger partial charge in [0.2, 0.25) is 0 Å². The molecule has 0 amide bonds. The number of benzene rings is 1. The molecule has 1 N–H and O–H groups in total. The van der Waals surface area contributed by atoms with Crippen molar-refractivity contribution in [1.29, 1.82) is 0 Å². The number of nitrogens with one attached hydrogen (secondary N) is 1. The van der Waals surface area contributed by atoms with Gasteiger partial charge < -0.3 is 5.32 Å². The first-order valence-corrected chi connectivity index (χ1v) is 8.50. The van der Waals surface area contributed by atoms with Gasteiger partial charge in [-0.1, -0.05) is 18.9 Å². The minimum Gasteiger partial charge on any atom is -0.316 e. The van der Waals surface area contributed by atoms with Crippen LogP contribution in [0.1, 0.15) is 36.8 Å². The van der Waals surface area contributed by atoms with E-state index in [1.54, 1.807) is 6.07 Å². The molecule has 0 bridgehead atoms. The summed E-state index contributed by atoms with van der Waals surface area (Å²) in [5.74, 6) is 0. The van der Waals surface area contributed by atoms with Gasteiger partial charge >= 0.3 is 0 Å². The van der Waals surface area contributed by atoms with Crippen molar-refractivity contribution in [3.63, 3.8) is 0 Å². The van der Waals surface area contributed by atoms with Crippen LogP contribution in [-0.4, -0.2) is 26.8 Å². The largest absolute Gasteiger partial charge is 0.316 e. The van der Waals surface area contributed by atoms with E-state index in [1.807, 2.05) is 33.0 Å². The van der Waals surface area contributed by atoms with Crippen molar-refractivity contribution in [2.24, 2.45) is 0 Å². The molecule has 1 aliphatic rings. The first kappa shape index (κ1) is 14.5. The molecule has 0 aromatic heterocycles. The van der Waals surface area contributed by atoms with E-state index in [0.29, 0.717) is 4.90 Å². The molecular weight excluding hydrogens is 258 g/mol. The summed E-state index contributed by atoms with van der Waals surface area (Å²) >= 11 is 0. The summed E-state index contributed by atoms with van der Waals surface area (Å²) in [6.07, 6.45) is 3.84. The van der Waals surface area contributed by atoms with Crippen molar-refractivity contribution < 1.29 is 8.42 Å². The number of rotatable bonds is 3. The number of hydrogen-bond donors (Lipinski definition) is 1. The molecule has 1 fully saturated rings. The molecule has 2 atom stereocenters. The third kappa shape index (κ3) is 2.84. The van der Waals surface area contributed by atoms with Crippen molar-refractivity contribution in [3.05, 3.63) is 29.3 Å². The molecule has 2 rings (SSSR count). The smallest absolute Gasteiger partial charge is 0.182 e. The Morgan fingerprint density at radius 3 is 2.42 bits per heavy atom. The van der Waals surface area contributed by atoms with Crippen molar-refractivity contribution in [3.8, 4) is 0 Å². The quantitative estimate of drug-likeness (QED) is 0.926. The van der Waals surface area contributed by atoms with Crippen LogP contribution in [-0.2, 0) is 9.84 Å². The molecule has 4 heteroatoms. The highest BCUT2D eigenvalue weighted by molar-refractivity contribution is 7.92. The summed E-state index contributed by atoms with van der Waals surface area (Å²) in [4.78, 5) is 0.475. The van der Waals surface area contributed by atoms with Crippen molar-refractivity contribution in [2.75, 3.05) is 7.05 Å². The first-order chi connectivity index (χ1) is 8.96. The SMILES string of the molecule is CNC1CCCCC1S(=O)(=O)c1ccc(C)c(C)c1. The monoisotopic (exact) mass is 281 g/mol. The lowest BCUT2D eigenvalue weighted by Gasteiger charge is -2.31. The van der Waals surface area contributed by atoms with E-state index in [2.05, 4.69) is 5.32 Å². The normalized spacial score (nSPS) is 24.4. The molecule has 0 heterocycles. The van der Waals surface area contributed by atoms with Crippen LogP contribution < -0.4 is 5.32 Å². The Hall–Kier alpha value is -0.870. The minimum atomic E-state index is -3.23. The highest BCUT2D eigenvalue weighted by Gasteiger charge is 2.35. The van der Waals surface area contributed by atoms with Crippen LogP contribution in [0.2, 0.25) is 0 Å². The summed E-state index contributed by atoms with van der Waals surface area (Å²) in [6, 6.07) is 5.55. The number of aryl methyl sites for hydroxylation is 2. The zero-order valence-electron chi connectivity index (χ0n) is 11.9. The van der Waals surface area contributed by atoms with E-state index in [-0.39, 0.29) is 11.3 Å². The predicted molar refractivity (Wildman–Crippen MR) is 78.2 cm³/mol. The molecular formula is C15H23NO2S. The maximum atomic E-state index is 12.8. The van der Waals surface area contributed by atoms with Gasteiger partial charge in [0.05, 0.1) is 10.1 Å². The topological polar surface area (TPSA) is 46.2 Å². The van der Waals surface area contributed by atoms with Crippen LogP contribution in [0.15, 0.2) is 23.1 Å². The summed E-state index contributed by atoms with van der Waals surface area (Å²) < 4.78 is 25.6. The molecule has 1 aliphatic carbocycles. The average Bonchev–Trinajstić information content (AvgIpc) is 2.41. The zero-order valence-corrected chi connectivity index (χ0v) is 12.8. The molecule has 1 aromatic carbocycles. The van der Waals surface area contributed by atoms with Crippen molar-refractivity contribution in [2.45, 2.75) is 55.7 Å². The van der Waals surface area contributed by atoms with Gasteiger partial charge in [0.1, 0.15) is 0 Å². The van der Waals surface area contributed by atoms with Crippen molar-refractivity contribution in [1.82, 2.24) is 5.32 Å². The van der Waals surface area contributed by atoms with Gasteiger partial charge in [-0.15, -0.1) is 0 Å². The Balaban J connectivity index is 2.37. The van der Waals surface area contributed by atoms with Gasteiger partial charge in [0.25, 0.3) is 0 Å². The van der Waals surface area contributed by atoms with Gasteiger partial charge in [-0.2, -0.15) is 0 Å². The number of sulfone groups is 1. The fraction of sp³-hybridized carbons (Fsp3) is 0.600. The van der Waals surface area contributed by atoms with E-state index >= 15 is 0 Å². The lowest BCUT2D eigenvalue weighted by Crippen LogP contribution is -2.44. The van der Waals surface area contributed by atoms with Gasteiger partial charge in [-0.25, -0.2) is 8.42 Å². The zero-order chi connectivity index (χ0) is 14.0. The molecule has 106 valence electrons. The van der Waals surface area contributed by atoms with Crippen LogP contribution >= 0.6 is 0 Å². The van der Waals surface area contributed by atoms with Crippen LogP contribution in [0.4, 0.5) is 0 Å². The molecule has 3 nitrogen and oxygen atoms in total. The molecule has 19 heavy (non-hydrogen) atoms. The fourth-order valence-electron chi connectivity index (χ4n) is 2.86. The second-order valence-corrected chi connectivity index (χ2v) is 7.68. The van der Waals surface area contributed by atoms with Crippen LogP contribution in [0, 0.1) is 13.8 Å². The lowest BCUT2D eigenvalue weighted by atomic mass is 9.95. The molecule has 0 saturated heterocycles. The van der Waals surface area contributed by atoms with Gasteiger partial charge in [0.15, 0.2) is 9.84 Å². The first-order valence-electron chi connectivity index (χ1n) is 6.95. The second kappa shape index (κ2) is 5.63. The molecule has 2 unspecified atom stereocenters. The Morgan fingerprint density at radius 2 is 1.79 bits per heavy atom. The van der Waals surface area contributed by atoms with E-state index in [0.717, 1.165) is 36.8 Å². The van der Waals surface area contributed by atoms with Crippen molar-refractivity contribution >= 4 is 9.84 Å². The van der Waals surface area contributed by atoms with E-state index in [9.17, 15) is 8.42 Å². The summed E-state index contributed by atoms with van der Waals surface area (Å²) in [7, 11) is -1.37. The second-order valence-electron chi connectivity index (χ2n) is 5.51. The third-order valence-electron chi connectivity index (χ3n) is 4.28. The van der Waals surface area contributed by atoms with E-state index < -0.39 is 9.84 Å². The van der Waals surface area contributed by atoms with Gasteiger partial charge in [-0.3, -0.25) is 0 Å². The van der Waals surface area contributed by atoms with Crippen LogP contribution in [0.3, 0.4) is 0 Å². The van der Waals surface area contributed by atoms with Gasteiger partial charge in [0, 0.05) is 6.04 Å². The molecule has 1 aromatic rings. The standard InChI is InChI=1S/C15H23NO2S/c1-11-8-9-13(10-12(11)2)19(17,18)15-7-5-4-6-14(15)16-3/h8-10,14-16H,4-7H2,1-3H3. The van der Waals surface area contributed by atoms with Crippen LogP contribution in [0.25, 0.3) is 0 Å². The molecule has 0 spiro atoms. The van der Waals surface area contributed by atoms with E-state index in [1.165, 1.54) is 0 Å². The minimum absolute atomic E-state index is 0.0837. The third-order valence-corrected chi connectivity index (χ3v) is 6.55. The average molecular weight is 281 g/mol. The Kier molecular flexibility index (Phi) is 4.31. The Morgan fingerprint density at radius 1 is 1.11 bits per heavy atom.